The zero-order valence-corrected chi connectivity index (χ0v) is 14.6. The summed E-state index contributed by atoms with van der Waals surface area (Å²) >= 11 is 0. The number of aryl methyl sites for hydroxylation is 1. The summed E-state index contributed by atoms with van der Waals surface area (Å²) in [6, 6.07) is 11.8. The molecule has 0 saturated heterocycles. The fourth-order valence-corrected chi connectivity index (χ4v) is 3.87. The van der Waals surface area contributed by atoms with Crippen LogP contribution in [0.25, 0.3) is 0 Å². The van der Waals surface area contributed by atoms with Crippen molar-refractivity contribution in [3.8, 4) is 5.75 Å². The predicted octanol–water partition coefficient (Wildman–Crippen LogP) is 2.07. The minimum atomic E-state index is -3.96. The third kappa shape index (κ3) is 3.51. The zero-order chi connectivity index (χ0) is 17.9. The average Bonchev–Trinajstić information content (AvgIpc) is 2.56. The van der Waals surface area contributed by atoms with Crippen LogP contribution in [-0.2, 0) is 14.8 Å². The van der Waals surface area contributed by atoms with Crippen LogP contribution in [0.2, 0.25) is 0 Å². The van der Waals surface area contributed by atoms with Crippen LogP contribution in [0.5, 0.6) is 5.75 Å². The van der Waals surface area contributed by atoms with E-state index >= 15 is 0 Å². The number of benzene rings is 2. The lowest BCUT2D eigenvalue weighted by Gasteiger charge is -2.28. The van der Waals surface area contributed by atoms with Crippen molar-refractivity contribution < 1.29 is 17.9 Å². The Morgan fingerprint density at radius 1 is 1.08 bits per heavy atom. The maximum Gasteiger partial charge on any atom is 0.265 e. The molecule has 0 unspecified atom stereocenters. The molecule has 6 nitrogen and oxygen atoms in total. The van der Waals surface area contributed by atoms with E-state index in [1.165, 1.54) is 26.2 Å². The number of hydrogen-bond acceptors (Lipinski definition) is 4. The Bertz CT molecular complexity index is 815. The van der Waals surface area contributed by atoms with E-state index < -0.39 is 22.0 Å². The highest BCUT2D eigenvalue weighted by atomic mass is 32.2. The molecule has 2 aromatic rings. The molecule has 0 heterocycles. The van der Waals surface area contributed by atoms with Crippen LogP contribution in [0.1, 0.15) is 12.5 Å². The van der Waals surface area contributed by atoms with Crippen LogP contribution in [0.15, 0.2) is 53.4 Å². The Morgan fingerprint density at radius 2 is 1.62 bits per heavy atom. The lowest BCUT2D eigenvalue weighted by Crippen LogP contribution is -2.46. The molecule has 0 fully saturated rings. The summed E-state index contributed by atoms with van der Waals surface area (Å²) in [5.74, 6) is -0.188. The fraction of sp³-hybridized carbons (Fsp3) is 0.235. The molecule has 0 aromatic heterocycles. The van der Waals surface area contributed by atoms with Gasteiger partial charge in [-0.2, -0.15) is 0 Å². The van der Waals surface area contributed by atoms with Gasteiger partial charge in [-0.1, -0.05) is 17.7 Å². The van der Waals surface area contributed by atoms with Crippen molar-refractivity contribution >= 4 is 21.6 Å². The second-order valence-corrected chi connectivity index (χ2v) is 7.21. The van der Waals surface area contributed by atoms with Crippen LogP contribution in [0.3, 0.4) is 0 Å². The molecule has 0 aliphatic carbocycles. The first-order valence-corrected chi connectivity index (χ1v) is 8.76. The second kappa shape index (κ2) is 6.92. The molecule has 2 N–H and O–H groups in total. The predicted molar refractivity (Wildman–Crippen MR) is 92.5 cm³/mol. The zero-order valence-electron chi connectivity index (χ0n) is 13.8. The molecular formula is C17H20N2O4S. The number of carbonyl (C=O) groups is 1. The number of rotatable bonds is 6. The molecule has 2 aromatic carbocycles. The number of nitrogens with zero attached hydrogens (tertiary/aromatic N) is 1. The average molecular weight is 348 g/mol. The molecule has 1 atom stereocenters. The van der Waals surface area contributed by atoms with E-state index in [9.17, 15) is 13.2 Å². The monoisotopic (exact) mass is 348 g/mol. The fourth-order valence-electron chi connectivity index (χ4n) is 2.24. The second-order valence-electron chi connectivity index (χ2n) is 5.39. The van der Waals surface area contributed by atoms with Crippen molar-refractivity contribution in [2.45, 2.75) is 24.8 Å². The number of ether oxygens (including phenoxy) is 1. The van der Waals surface area contributed by atoms with Crippen molar-refractivity contribution in [2.75, 3.05) is 11.4 Å². The van der Waals surface area contributed by atoms with Gasteiger partial charge in [-0.05, 0) is 50.2 Å². The highest BCUT2D eigenvalue weighted by Gasteiger charge is 2.32. The number of methoxy groups -OCH3 is 1. The van der Waals surface area contributed by atoms with Crippen molar-refractivity contribution in [3.05, 3.63) is 54.1 Å². The minimum absolute atomic E-state index is 0.0528. The number of hydrogen-bond donors (Lipinski definition) is 1. The van der Waals surface area contributed by atoms with Crippen LogP contribution in [-0.4, -0.2) is 27.5 Å². The Hall–Kier alpha value is -2.54. The maximum atomic E-state index is 13.0. The quantitative estimate of drug-likeness (QED) is 0.865. The summed E-state index contributed by atoms with van der Waals surface area (Å²) in [5, 5.41) is 0. The van der Waals surface area contributed by atoms with Gasteiger partial charge in [0.2, 0.25) is 5.91 Å². The van der Waals surface area contributed by atoms with Gasteiger partial charge < -0.3 is 10.5 Å². The molecule has 0 aliphatic rings. The van der Waals surface area contributed by atoms with Gasteiger partial charge in [0.15, 0.2) is 0 Å². The molecule has 0 bridgehead atoms. The number of nitrogens with two attached hydrogens (primary N) is 1. The van der Waals surface area contributed by atoms with Gasteiger partial charge in [-0.15, -0.1) is 0 Å². The molecule has 1 amide bonds. The molecule has 0 spiro atoms. The summed E-state index contributed by atoms with van der Waals surface area (Å²) in [4.78, 5) is 11.7. The SMILES string of the molecule is COc1ccc(S(=O)(=O)N(c2ccc(C)cc2)[C@@H](C)C(N)=O)cc1. The van der Waals surface area contributed by atoms with Gasteiger partial charge in [0.1, 0.15) is 11.8 Å². The third-order valence-electron chi connectivity index (χ3n) is 3.67. The summed E-state index contributed by atoms with van der Waals surface area (Å²) < 4.78 is 32.2. The summed E-state index contributed by atoms with van der Waals surface area (Å²) in [6.45, 7) is 3.35. The van der Waals surface area contributed by atoms with Crippen molar-refractivity contribution in [2.24, 2.45) is 5.73 Å². The molecule has 2 rings (SSSR count). The van der Waals surface area contributed by atoms with Gasteiger partial charge in [0, 0.05) is 0 Å². The molecule has 0 saturated carbocycles. The topological polar surface area (TPSA) is 89.7 Å². The van der Waals surface area contributed by atoms with Gasteiger partial charge in [0.05, 0.1) is 17.7 Å². The van der Waals surface area contributed by atoms with E-state index in [-0.39, 0.29) is 4.90 Å². The highest BCUT2D eigenvalue weighted by Crippen LogP contribution is 2.27. The molecule has 7 heteroatoms. The van der Waals surface area contributed by atoms with Gasteiger partial charge in [0.25, 0.3) is 10.0 Å². The van der Waals surface area contributed by atoms with Crippen LogP contribution < -0.4 is 14.8 Å². The van der Waals surface area contributed by atoms with Crippen molar-refractivity contribution in [3.63, 3.8) is 0 Å². The first-order valence-electron chi connectivity index (χ1n) is 7.32. The Labute approximate surface area is 141 Å². The molecule has 128 valence electrons. The van der Waals surface area contributed by atoms with E-state index in [0.29, 0.717) is 11.4 Å². The number of amides is 1. The molecular weight excluding hydrogens is 328 g/mol. The van der Waals surface area contributed by atoms with Crippen LogP contribution >= 0.6 is 0 Å². The van der Waals surface area contributed by atoms with Gasteiger partial charge in [-0.25, -0.2) is 8.42 Å². The van der Waals surface area contributed by atoms with Crippen LogP contribution in [0.4, 0.5) is 5.69 Å². The number of carbonyl (C=O) groups excluding carboxylic acids is 1. The maximum absolute atomic E-state index is 13.0. The van der Waals surface area contributed by atoms with E-state index in [1.54, 1.807) is 36.4 Å². The van der Waals surface area contributed by atoms with Gasteiger partial charge >= 0.3 is 0 Å². The third-order valence-corrected chi connectivity index (χ3v) is 5.58. The molecule has 0 aliphatic heterocycles. The Morgan fingerprint density at radius 3 is 2.08 bits per heavy atom. The first-order chi connectivity index (χ1) is 11.3. The number of sulfonamides is 1. The summed E-state index contributed by atoms with van der Waals surface area (Å²) in [5.41, 5.74) is 6.72. The molecule has 0 radical (unpaired) electrons. The largest absolute Gasteiger partial charge is 0.497 e. The van der Waals surface area contributed by atoms with E-state index in [0.717, 1.165) is 9.87 Å². The summed E-state index contributed by atoms with van der Waals surface area (Å²) in [6.07, 6.45) is 0. The lowest BCUT2D eigenvalue weighted by molar-refractivity contribution is -0.118. The smallest absolute Gasteiger partial charge is 0.265 e. The van der Waals surface area contributed by atoms with E-state index in [2.05, 4.69) is 0 Å². The Kier molecular flexibility index (Phi) is 5.14. The number of anilines is 1. The minimum Gasteiger partial charge on any atom is -0.497 e. The number of primary amides is 1. The Balaban J connectivity index is 2.55. The normalized spacial score (nSPS) is 12.5. The van der Waals surface area contributed by atoms with Gasteiger partial charge in [-0.3, -0.25) is 9.10 Å². The lowest BCUT2D eigenvalue weighted by atomic mass is 10.2. The van der Waals surface area contributed by atoms with Crippen LogP contribution in [0, 0.1) is 6.92 Å². The summed E-state index contributed by atoms with van der Waals surface area (Å²) in [7, 11) is -2.46. The van der Waals surface area contributed by atoms with Crippen molar-refractivity contribution in [1.82, 2.24) is 0 Å². The first kappa shape index (κ1) is 17.8. The standard InChI is InChI=1S/C17H20N2O4S/c1-12-4-6-14(7-5-12)19(13(2)17(18)20)24(21,22)16-10-8-15(23-3)9-11-16/h4-11,13H,1-3H3,(H2,18,20)/t13-/m0/s1. The molecule has 24 heavy (non-hydrogen) atoms. The van der Waals surface area contributed by atoms with E-state index in [1.807, 2.05) is 6.92 Å². The highest BCUT2D eigenvalue weighted by molar-refractivity contribution is 7.92. The van der Waals surface area contributed by atoms with E-state index in [4.69, 9.17) is 10.5 Å². The van der Waals surface area contributed by atoms with Crippen molar-refractivity contribution in [1.29, 1.82) is 0 Å².